The fourth-order valence-corrected chi connectivity index (χ4v) is 2.85. The first-order chi connectivity index (χ1) is 12.0. The second-order valence-corrected chi connectivity index (χ2v) is 5.87. The number of pyridine rings is 1. The maximum absolute atomic E-state index is 12.9. The van der Waals surface area contributed by atoms with Crippen molar-refractivity contribution in [1.82, 2.24) is 25.4 Å². The molecule has 3 rings (SSSR count). The number of amides is 2. The third kappa shape index (κ3) is 3.54. The quantitative estimate of drug-likeness (QED) is 0.834. The van der Waals surface area contributed by atoms with E-state index in [9.17, 15) is 18.8 Å². The number of nitrogens with zero attached hydrogens (tertiary/aromatic N) is 3. The monoisotopic (exact) mass is 345 g/mol. The van der Waals surface area contributed by atoms with Crippen molar-refractivity contribution in [2.45, 2.75) is 25.4 Å². The topological polar surface area (TPSA) is 108 Å². The van der Waals surface area contributed by atoms with E-state index in [0.29, 0.717) is 6.42 Å². The van der Waals surface area contributed by atoms with Gasteiger partial charge in [-0.25, -0.2) is 14.5 Å². The molecule has 2 aromatic heterocycles. The molecule has 1 aliphatic rings. The predicted octanol–water partition coefficient (Wildman–Crippen LogP) is 0.337. The number of carbonyl (C=O) groups excluding carboxylic acids is 2. The van der Waals surface area contributed by atoms with Crippen LogP contribution in [0, 0.1) is 5.82 Å². The number of aromatic nitrogens is 3. The highest BCUT2D eigenvalue weighted by Crippen LogP contribution is 2.20. The van der Waals surface area contributed by atoms with E-state index in [4.69, 9.17) is 0 Å². The van der Waals surface area contributed by atoms with Gasteiger partial charge in [0.1, 0.15) is 17.1 Å². The molecule has 0 bridgehead atoms. The summed E-state index contributed by atoms with van der Waals surface area (Å²) in [5.41, 5.74) is -0.465. The minimum atomic E-state index is -0.575. The van der Waals surface area contributed by atoms with Gasteiger partial charge in [-0.2, -0.15) is 5.10 Å². The molecular formula is C16H16FN5O3. The van der Waals surface area contributed by atoms with Crippen molar-refractivity contribution in [1.29, 1.82) is 0 Å². The van der Waals surface area contributed by atoms with Gasteiger partial charge in [-0.05, 0) is 31.5 Å². The molecule has 1 fully saturated rings. The van der Waals surface area contributed by atoms with E-state index >= 15 is 0 Å². The fourth-order valence-electron chi connectivity index (χ4n) is 2.85. The molecule has 8 nitrogen and oxygen atoms in total. The molecule has 2 amide bonds. The molecule has 3 heterocycles. The van der Waals surface area contributed by atoms with Gasteiger partial charge in [0.15, 0.2) is 0 Å². The van der Waals surface area contributed by atoms with E-state index in [1.165, 1.54) is 24.4 Å². The van der Waals surface area contributed by atoms with Crippen molar-refractivity contribution in [3.05, 3.63) is 58.0 Å². The number of aromatic amines is 1. The second kappa shape index (κ2) is 6.80. The van der Waals surface area contributed by atoms with Crippen molar-refractivity contribution in [2.24, 2.45) is 0 Å². The van der Waals surface area contributed by atoms with Crippen LogP contribution < -0.4 is 10.9 Å². The van der Waals surface area contributed by atoms with Crippen LogP contribution in [0.15, 0.2) is 35.4 Å². The molecule has 9 heteroatoms. The van der Waals surface area contributed by atoms with Crippen LogP contribution >= 0.6 is 0 Å². The summed E-state index contributed by atoms with van der Waals surface area (Å²) < 4.78 is 12.9. The maximum atomic E-state index is 12.9. The summed E-state index contributed by atoms with van der Waals surface area (Å²) >= 11 is 0. The molecule has 0 saturated carbocycles. The molecule has 25 heavy (non-hydrogen) atoms. The zero-order valence-electron chi connectivity index (χ0n) is 13.4. The number of hydrogen-bond acceptors (Lipinski definition) is 5. The van der Waals surface area contributed by atoms with Crippen LogP contribution in [0.2, 0.25) is 0 Å². The van der Waals surface area contributed by atoms with Crippen LogP contribution in [-0.4, -0.2) is 50.5 Å². The zero-order valence-corrected chi connectivity index (χ0v) is 13.4. The van der Waals surface area contributed by atoms with Crippen LogP contribution in [0.3, 0.4) is 0 Å². The molecule has 130 valence electrons. The van der Waals surface area contributed by atoms with E-state index in [0.717, 1.165) is 6.20 Å². The Morgan fingerprint density at radius 3 is 2.84 bits per heavy atom. The Morgan fingerprint density at radius 1 is 1.36 bits per heavy atom. The van der Waals surface area contributed by atoms with Crippen LogP contribution in [0.5, 0.6) is 0 Å². The van der Waals surface area contributed by atoms with Crippen LogP contribution in [-0.2, 0) is 0 Å². The molecule has 0 aliphatic carbocycles. The highest BCUT2D eigenvalue weighted by molar-refractivity contribution is 5.94. The predicted molar refractivity (Wildman–Crippen MR) is 85.4 cm³/mol. The first-order valence-corrected chi connectivity index (χ1v) is 7.73. The average Bonchev–Trinajstić information content (AvgIpc) is 2.95. The number of likely N-dealkylation sites (tertiary alicyclic amines) is 1. The van der Waals surface area contributed by atoms with E-state index in [-0.39, 0.29) is 35.8 Å². The van der Waals surface area contributed by atoms with Gasteiger partial charge in [-0.1, -0.05) is 0 Å². The Morgan fingerprint density at radius 2 is 2.16 bits per heavy atom. The molecule has 1 aliphatic heterocycles. The van der Waals surface area contributed by atoms with E-state index in [1.807, 2.05) is 6.92 Å². The van der Waals surface area contributed by atoms with Gasteiger partial charge in [-0.3, -0.25) is 14.4 Å². The van der Waals surface area contributed by atoms with E-state index in [1.54, 1.807) is 4.90 Å². The van der Waals surface area contributed by atoms with Crippen molar-refractivity contribution in [3.63, 3.8) is 0 Å². The van der Waals surface area contributed by atoms with Crippen molar-refractivity contribution < 1.29 is 14.0 Å². The van der Waals surface area contributed by atoms with Crippen molar-refractivity contribution >= 4 is 11.8 Å². The summed E-state index contributed by atoms with van der Waals surface area (Å²) in [6.45, 7) is 2.14. The lowest BCUT2D eigenvalue weighted by atomic mass is 10.2. The van der Waals surface area contributed by atoms with E-state index < -0.39 is 17.3 Å². The number of carbonyl (C=O) groups is 2. The summed E-state index contributed by atoms with van der Waals surface area (Å²) in [6.07, 6.45) is 2.86. The number of H-pyrrole nitrogens is 1. The van der Waals surface area contributed by atoms with Crippen LogP contribution in [0.1, 0.15) is 34.2 Å². The highest BCUT2D eigenvalue weighted by atomic mass is 19.1. The molecule has 2 aromatic rings. The summed E-state index contributed by atoms with van der Waals surface area (Å²) in [4.78, 5) is 41.7. The molecule has 2 unspecified atom stereocenters. The molecule has 1 saturated heterocycles. The Bertz CT molecular complexity index is 851. The third-order valence-electron chi connectivity index (χ3n) is 4.09. The standard InChI is InChI=1S/C16H16FN5O3/c1-9-6-11(20-14(23)12-4-5-19-21-15(12)24)8-22(9)16(25)13-3-2-10(17)7-18-13/h2-5,7,9,11H,6,8H2,1H3,(H,20,23)(H,21,24). The molecule has 0 radical (unpaired) electrons. The average molecular weight is 345 g/mol. The number of halogens is 1. The maximum Gasteiger partial charge on any atom is 0.277 e. The largest absolute Gasteiger partial charge is 0.347 e. The molecule has 2 N–H and O–H groups in total. The molecule has 0 spiro atoms. The van der Waals surface area contributed by atoms with Gasteiger partial charge < -0.3 is 10.2 Å². The SMILES string of the molecule is CC1CC(NC(=O)c2ccn[nH]c2=O)CN1C(=O)c1ccc(F)cn1. The minimum absolute atomic E-state index is 0.0346. The van der Waals surface area contributed by atoms with E-state index in [2.05, 4.69) is 20.5 Å². The lowest BCUT2D eigenvalue weighted by molar-refractivity contribution is 0.0735. The Labute approximate surface area is 142 Å². The molecular weight excluding hydrogens is 329 g/mol. The summed E-state index contributed by atoms with van der Waals surface area (Å²) in [7, 11) is 0. The Balaban J connectivity index is 1.68. The number of hydrogen-bond donors (Lipinski definition) is 2. The second-order valence-electron chi connectivity index (χ2n) is 5.87. The van der Waals surface area contributed by atoms with Crippen LogP contribution in [0.25, 0.3) is 0 Å². The Hall–Kier alpha value is -3.10. The van der Waals surface area contributed by atoms with Gasteiger partial charge in [0.05, 0.1) is 6.20 Å². The number of nitrogens with one attached hydrogen (secondary N) is 2. The normalized spacial score (nSPS) is 19.7. The van der Waals surface area contributed by atoms with Crippen molar-refractivity contribution in [2.75, 3.05) is 6.54 Å². The first-order valence-electron chi connectivity index (χ1n) is 7.73. The highest BCUT2D eigenvalue weighted by Gasteiger charge is 2.34. The molecule has 2 atom stereocenters. The summed E-state index contributed by atoms with van der Waals surface area (Å²) in [5.74, 6) is -1.36. The van der Waals surface area contributed by atoms with Gasteiger partial charge in [-0.15, -0.1) is 0 Å². The summed E-state index contributed by atoms with van der Waals surface area (Å²) in [5, 5.41) is 8.49. The smallest absolute Gasteiger partial charge is 0.277 e. The van der Waals surface area contributed by atoms with Gasteiger partial charge in [0, 0.05) is 24.8 Å². The van der Waals surface area contributed by atoms with Crippen LogP contribution in [0.4, 0.5) is 4.39 Å². The summed E-state index contributed by atoms with van der Waals surface area (Å²) in [6, 6.07) is 3.42. The first kappa shape index (κ1) is 16.7. The van der Waals surface area contributed by atoms with Gasteiger partial charge >= 0.3 is 0 Å². The zero-order chi connectivity index (χ0) is 18.0. The van der Waals surface area contributed by atoms with Gasteiger partial charge in [0.2, 0.25) is 0 Å². The fraction of sp³-hybridized carbons (Fsp3) is 0.312. The lowest BCUT2D eigenvalue weighted by Crippen LogP contribution is -2.40. The Kier molecular flexibility index (Phi) is 4.55. The molecule has 0 aromatic carbocycles. The van der Waals surface area contributed by atoms with Gasteiger partial charge in [0.25, 0.3) is 17.4 Å². The minimum Gasteiger partial charge on any atom is -0.347 e. The third-order valence-corrected chi connectivity index (χ3v) is 4.09. The van der Waals surface area contributed by atoms with Crippen molar-refractivity contribution in [3.8, 4) is 0 Å². The lowest BCUT2D eigenvalue weighted by Gasteiger charge is -2.20. The number of rotatable bonds is 3.